The smallest absolute Gasteiger partial charge is 0.111 e. The van der Waals surface area contributed by atoms with Gasteiger partial charge in [-0.1, -0.05) is 0 Å². The maximum absolute atomic E-state index is 9.04. The minimum Gasteiger partial charge on any atom is -0.397 e. The van der Waals surface area contributed by atoms with Crippen LogP contribution in [0.15, 0.2) is 0 Å². The summed E-state index contributed by atoms with van der Waals surface area (Å²) < 4.78 is 0. The van der Waals surface area contributed by atoms with Crippen molar-refractivity contribution in [2.45, 2.75) is 31.3 Å². The first-order valence-corrected chi connectivity index (χ1v) is 4.60. The number of aliphatic hydroxyl groups excluding tert-OH is 6. The second-order valence-electron chi connectivity index (χ2n) is 2.85. The Kier molecular flexibility index (Phi) is 11.7. The van der Waals surface area contributed by atoms with Crippen LogP contribution < -0.4 is 5.73 Å². The van der Waals surface area contributed by atoms with Crippen LogP contribution in [0.4, 0.5) is 0 Å². The molecular weight excluding hydrogens is 206 g/mol. The van der Waals surface area contributed by atoms with Crippen LogP contribution in [0, 0.1) is 0 Å². The van der Waals surface area contributed by atoms with E-state index in [1.807, 2.05) is 0 Å². The van der Waals surface area contributed by atoms with Crippen molar-refractivity contribution in [1.82, 2.24) is 0 Å². The van der Waals surface area contributed by atoms with E-state index in [1.54, 1.807) is 6.92 Å². The Bertz CT molecular complexity index is 122. The van der Waals surface area contributed by atoms with Gasteiger partial charge in [0, 0.05) is 13.2 Å². The molecule has 0 aliphatic carbocycles. The quantitative estimate of drug-likeness (QED) is 0.256. The van der Waals surface area contributed by atoms with Gasteiger partial charge in [-0.2, -0.15) is 0 Å². The highest BCUT2D eigenvalue weighted by Gasteiger charge is 2.28. The monoisotopic (exact) mass is 227 g/mol. The summed E-state index contributed by atoms with van der Waals surface area (Å²) in [7, 11) is 0. The molecule has 0 aromatic heterocycles. The molecule has 8 N–H and O–H groups in total. The van der Waals surface area contributed by atoms with Gasteiger partial charge >= 0.3 is 0 Å². The van der Waals surface area contributed by atoms with E-state index in [2.05, 4.69) is 0 Å². The molecule has 0 aliphatic heterocycles. The predicted molar refractivity (Wildman–Crippen MR) is 52.9 cm³/mol. The first-order valence-electron chi connectivity index (χ1n) is 4.60. The standard InChI is InChI=1S/C6H15NO5.C2H6O/c7-1-3(9)5(11)6(12)4(10)2-8;1-2-3/h3-6,8-12H,1-2,7H2;3H,2H2,1H3/t3-,4+,5+,6+;/m0./s1. The maximum Gasteiger partial charge on any atom is 0.111 e. The third kappa shape index (κ3) is 7.63. The zero-order valence-corrected chi connectivity index (χ0v) is 8.69. The van der Waals surface area contributed by atoms with Crippen molar-refractivity contribution in [3.8, 4) is 0 Å². The van der Waals surface area contributed by atoms with Gasteiger partial charge in [0.25, 0.3) is 0 Å². The lowest BCUT2D eigenvalue weighted by Gasteiger charge is -2.24. The van der Waals surface area contributed by atoms with E-state index in [0.717, 1.165) is 0 Å². The van der Waals surface area contributed by atoms with Crippen molar-refractivity contribution in [1.29, 1.82) is 0 Å². The van der Waals surface area contributed by atoms with Gasteiger partial charge in [-0.05, 0) is 6.92 Å². The highest BCUT2D eigenvalue weighted by Crippen LogP contribution is 2.03. The lowest BCUT2D eigenvalue weighted by Crippen LogP contribution is -2.48. The molecule has 0 unspecified atom stereocenters. The van der Waals surface area contributed by atoms with Gasteiger partial charge in [-0.25, -0.2) is 0 Å². The Hall–Kier alpha value is -0.280. The molecule has 4 atom stereocenters. The molecule has 0 amide bonds. The van der Waals surface area contributed by atoms with E-state index in [4.69, 9.17) is 36.4 Å². The predicted octanol–water partition coefficient (Wildman–Crippen LogP) is -3.62. The largest absolute Gasteiger partial charge is 0.397 e. The molecule has 0 aromatic rings. The lowest BCUT2D eigenvalue weighted by atomic mass is 10.0. The highest BCUT2D eigenvalue weighted by molar-refractivity contribution is 4.80. The Morgan fingerprint density at radius 2 is 1.27 bits per heavy atom. The van der Waals surface area contributed by atoms with E-state index < -0.39 is 31.0 Å². The van der Waals surface area contributed by atoms with Crippen LogP contribution in [0.3, 0.4) is 0 Å². The second-order valence-corrected chi connectivity index (χ2v) is 2.85. The number of hydrogen-bond acceptors (Lipinski definition) is 7. The second kappa shape index (κ2) is 10.2. The fourth-order valence-corrected chi connectivity index (χ4v) is 0.703. The van der Waals surface area contributed by atoms with E-state index in [-0.39, 0.29) is 13.2 Å². The number of hydrogen-bond donors (Lipinski definition) is 7. The van der Waals surface area contributed by atoms with Gasteiger partial charge in [0.05, 0.1) is 12.7 Å². The van der Waals surface area contributed by atoms with Gasteiger partial charge in [0.2, 0.25) is 0 Å². The molecule has 0 spiro atoms. The van der Waals surface area contributed by atoms with Crippen LogP contribution in [0.25, 0.3) is 0 Å². The minimum atomic E-state index is -1.59. The van der Waals surface area contributed by atoms with Crippen LogP contribution >= 0.6 is 0 Å². The number of nitrogens with two attached hydrogens (primary N) is 1. The fourth-order valence-electron chi connectivity index (χ4n) is 0.703. The maximum atomic E-state index is 9.04. The third-order valence-corrected chi connectivity index (χ3v) is 1.57. The molecule has 0 heterocycles. The summed E-state index contributed by atoms with van der Waals surface area (Å²) in [5.74, 6) is 0. The van der Waals surface area contributed by atoms with Crippen LogP contribution in [-0.4, -0.2) is 74.8 Å². The van der Waals surface area contributed by atoms with Crippen molar-refractivity contribution in [2.24, 2.45) is 5.73 Å². The first kappa shape index (κ1) is 17.1. The van der Waals surface area contributed by atoms with Gasteiger partial charge in [-0.15, -0.1) is 0 Å². The number of rotatable bonds is 5. The topological polar surface area (TPSA) is 147 Å². The van der Waals surface area contributed by atoms with Crippen LogP contribution in [0.5, 0.6) is 0 Å². The summed E-state index contributed by atoms with van der Waals surface area (Å²) in [6, 6.07) is 0. The summed E-state index contributed by atoms with van der Waals surface area (Å²) in [5.41, 5.74) is 4.99. The minimum absolute atomic E-state index is 0.226. The summed E-state index contributed by atoms with van der Waals surface area (Å²) in [4.78, 5) is 0. The Balaban J connectivity index is 0. The van der Waals surface area contributed by atoms with Gasteiger partial charge < -0.3 is 36.4 Å². The molecule has 0 saturated heterocycles. The molecule has 15 heavy (non-hydrogen) atoms. The molecule has 0 aromatic carbocycles. The molecule has 0 saturated carbocycles. The van der Waals surface area contributed by atoms with E-state index in [1.165, 1.54) is 0 Å². The molecule has 7 nitrogen and oxygen atoms in total. The fraction of sp³-hybridized carbons (Fsp3) is 1.00. The zero-order valence-electron chi connectivity index (χ0n) is 8.69. The van der Waals surface area contributed by atoms with Crippen molar-refractivity contribution in [3.05, 3.63) is 0 Å². The molecule has 0 rings (SSSR count). The molecule has 0 aliphatic rings. The average molecular weight is 227 g/mol. The number of aliphatic hydroxyl groups is 6. The zero-order chi connectivity index (χ0) is 12.4. The summed E-state index contributed by atoms with van der Waals surface area (Å²) >= 11 is 0. The highest BCUT2D eigenvalue weighted by atomic mass is 16.4. The van der Waals surface area contributed by atoms with Gasteiger partial charge in [0.1, 0.15) is 18.3 Å². The Labute approximate surface area is 88.4 Å². The molecule has 7 heteroatoms. The van der Waals surface area contributed by atoms with Crippen molar-refractivity contribution in [3.63, 3.8) is 0 Å². The Morgan fingerprint density at radius 1 is 0.933 bits per heavy atom. The molecule has 0 bridgehead atoms. The van der Waals surface area contributed by atoms with Crippen LogP contribution in [0.2, 0.25) is 0 Å². The van der Waals surface area contributed by atoms with E-state index in [0.29, 0.717) is 0 Å². The molecular formula is C8H21NO6. The molecule has 94 valence electrons. The van der Waals surface area contributed by atoms with Crippen molar-refractivity contribution < 1.29 is 30.6 Å². The van der Waals surface area contributed by atoms with Crippen LogP contribution in [0.1, 0.15) is 6.92 Å². The van der Waals surface area contributed by atoms with E-state index in [9.17, 15) is 0 Å². The van der Waals surface area contributed by atoms with Gasteiger partial charge in [-0.3, -0.25) is 0 Å². The third-order valence-electron chi connectivity index (χ3n) is 1.57. The van der Waals surface area contributed by atoms with E-state index >= 15 is 0 Å². The van der Waals surface area contributed by atoms with Crippen molar-refractivity contribution in [2.75, 3.05) is 19.8 Å². The SMILES string of the molecule is CCO.NC[C@H](O)[C@@H](O)[C@H](O)[C@H](O)CO. The summed E-state index contributed by atoms with van der Waals surface area (Å²) in [6.07, 6.45) is -5.91. The first-order chi connectivity index (χ1) is 6.95. The molecule has 0 fully saturated rings. The van der Waals surface area contributed by atoms with Crippen molar-refractivity contribution >= 4 is 0 Å². The summed E-state index contributed by atoms with van der Waals surface area (Å²) in [6.45, 7) is 1.02. The normalized spacial score (nSPS) is 18.4. The Morgan fingerprint density at radius 3 is 1.53 bits per heavy atom. The summed E-state index contributed by atoms with van der Waals surface area (Å²) in [5, 5.41) is 51.7. The molecule has 0 radical (unpaired) electrons. The van der Waals surface area contributed by atoms with Gasteiger partial charge in [0.15, 0.2) is 0 Å². The average Bonchev–Trinajstić information content (AvgIpc) is 2.25. The lowest BCUT2D eigenvalue weighted by molar-refractivity contribution is -0.112. The van der Waals surface area contributed by atoms with Crippen LogP contribution in [-0.2, 0) is 0 Å².